The van der Waals surface area contributed by atoms with Crippen LogP contribution in [0.15, 0.2) is 30.6 Å². The number of aromatic nitrogens is 2. The molecule has 1 saturated carbocycles. The van der Waals surface area contributed by atoms with Crippen molar-refractivity contribution in [1.29, 1.82) is 0 Å². The molecule has 0 unspecified atom stereocenters. The third-order valence-electron chi connectivity index (χ3n) is 5.25. The van der Waals surface area contributed by atoms with Gasteiger partial charge in [0.25, 0.3) is 0 Å². The normalized spacial score (nSPS) is 26.3. The highest BCUT2D eigenvalue weighted by atomic mass is 15.2. The van der Waals surface area contributed by atoms with Crippen molar-refractivity contribution in [1.82, 2.24) is 20.2 Å². The molecule has 1 saturated heterocycles. The SMILES string of the molecule is c1ccc2c(NC3CCC(N4CCNCC4)CC3)ncnc2c1. The van der Waals surface area contributed by atoms with Gasteiger partial charge in [0.15, 0.2) is 0 Å². The molecule has 0 atom stereocenters. The molecule has 2 aliphatic rings. The van der Waals surface area contributed by atoms with E-state index < -0.39 is 0 Å². The van der Waals surface area contributed by atoms with Gasteiger partial charge in [-0.3, -0.25) is 4.90 Å². The summed E-state index contributed by atoms with van der Waals surface area (Å²) >= 11 is 0. The zero-order valence-corrected chi connectivity index (χ0v) is 13.5. The van der Waals surface area contributed by atoms with Crippen molar-refractivity contribution in [3.63, 3.8) is 0 Å². The molecule has 5 heteroatoms. The van der Waals surface area contributed by atoms with Crippen LogP contribution in [-0.2, 0) is 0 Å². The Balaban J connectivity index is 1.39. The second-order valence-corrected chi connectivity index (χ2v) is 6.68. The molecule has 2 fully saturated rings. The van der Waals surface area contributed by atoms with Crippen LogP contribution in [0, 0.1) is 0 Å². The lowest BCUT2D eigenvalue weighted by atomic mass is 9.89. The highest BCUT2D eigenvalue weighted by molar-refractivity contribution is 5.88. The zero-order chi connectivity index (χ0) is 15.5. The van der Waals surface area contributed by atoms with Crippen LogP contribution in [0.25, 0.3) is 10.9 Å². The minimum absolute atomic E-state index is 0.535. The van der Waals surface area contributed by atoms with Crippen molar-refractivity contribution in [3.05, 3.63) is 30.6 Å². The van der Waals surface area contributed by atoms with E-state index in [4.69, 9.17) is 0 Å². The first-order valence-electron chi connectivity index (χ1n) is 8.81. The largest absolute Gasteiger partial charge is 0.367 e. The quantitative estimate of drug-likeness (QED) is 0.910. The van der Waals surface area contributed by atoms with E-state index in [2.05, 4.69) is 37.6 Å². The molecule has 4 rings (SSSR count). The summed E-state index contributed by atoms with van der Waals surface area (Å²) < 4.78 is 0. The fraction of sp³-hybridized carbons (Fsp3) is 0.556. The first-order valence-corrected chi connectivity index (χ1v) is 8.81. The fourth-order valence-electron chi connectivity index (χ4n) is 3.95. The van der Waals surface area contributed by atoms with Crippen LogP contribution in [0.1, 0.15) is 25.7 Å². The smallest absolute Gasteiger partial charge is 0.137 e. The summed E-state index contributed by atoms with van der Waals surface area (Å²) in [5.74, 6) is 0.987. The van der Waals surface area contributed by atoms with Gasteiger partial charge >= 0.3 is 0 Å². The van der Waals surface area contributed by atoms with Gasteiger partial charge < -0.3 is 10.6 Å². The van der Waals surface area contributed by atoms with E-state index in [0.29, 0.717) is 6.04 Å². The maximum Gasteiger partial charge on any atom is 0.137 e. The Morgan fingerprint density at radius 1 is 1.00 bits per heavy atom. The summed E-state index contributed by atoms with van der Waals surface area (Å²) in [7, 11) is 0. The number of para-hydroxylation sites is 1. The molecule has 0 spiro atoms. The minimum Gasteiger partial charge on any atom is -0.367 e. The molecule has 2 heterocycles. The van der Waals surface area contributed by atoms with E-state index in [1.54, 1.807) is 6.33 Å². The summed E-state index contributed by atoms with van der Waals surface area (Å²) in [6.45, 7) is 4.70. The summed E-state index contributed by atoms with van der Waals surface area (Å²) in [5, 5.41) is 8.23. The average Bonchev–Trinajstić information content (AvgIpc) is 2.63. The van der Waals surface area contributed by atoms with Gasteiger partial charge in [0.05, 0.1) is 5.52 Å². The molecule has 1 aromatic carbocycles. The highest BCUT2D eigenvalue weighted by Gasteiger charge is 2.26. The average molecular weight is 311 g/mol. The summed E-state index contributed by atoms with van der Waals surface area (Å²) in [6.07, 6.45) is 6.71. The molecule has 1 aliphatic heterocycles. The number of nitrogens with zero attached hydrogens (tertiary/aromatic N) is 3. The number of fused-ring (bicyclic) bond motifs is 1. The molecule has 23 heavy (non-hydrogen) atoms. The molecule has 0 bridgehead atoms. The molecule has 2 N–H and O–H groups in total. The number of rotatable bonds is 3. The van der Waals surface area contributed by atoms with Crippen LogP contribution in [0.2, 0.25) is 0 Å². The Hall–Kier alpha value is -1.72. The topological polar surface area (TPSA) is 53.1 Å². The van der Waals surface area contributed by atoms with Crippen LogP contribution in [0.4, 0.5) is 5.82 Å². The molecule has 122 valence electrons. The van der Waals surface area contributed by atoms with Crippen LogP contribution < -0.4 is 10.6 Å². The molecular formula is C18H25N5. The van der Waals surface area contributed by atoms with Crippen molar-refractivity contribution in [2.45, 2.75) is 37.8 Å². The predicted molar refractivity (Wildman–Crippen MR) is 93.6 cm³/mol. The number of anilines is 1. The molecule has 2 aromatic rings. The number of hydrogen-bond donors (Lipinski definition) is 2. The van der Waals surface area contributed by atoms with Gasteiger partial charge in [-0.2, -0.15) is 0 Å². The van der Waals surface area contributed by atoms with E-state index in [0.717, 1.165) is 35.9 Å². The second kappa shape index (κ2) is 6.81. The Bertz CT molecular complexity index is 639. The van der Waals surface area contributed by atoms with Gasteiger partial charge in [0.2, 0.25) is 0 Å². The second-order valence-electron chi connectivity index (χ2n) is 6.68. The van der Waals surface area contributed by atoms with E-state index >= 15 is 0 Å². The van der Waals surface area contributed by atoms with E-state index in [9.17, 15) is 0 Å². The van der Waals surface area contributed by atoms with Gasteiger partial charge in [-0.05, 0) is 37.8 Å². The van der Waals surface area contributed by atoms with Crippen LogP contribution >= 0.6 is 0 Å². The van der Waals surface area contributed by atoms with Gasteiger partial charge in [-0.1, -0.05) is 12.1 Å². The molecular weight excluding hydrogens is 286 g/mol. The van der Waals surface area contributed by atoms with E-state index in [-0.39, 0.29) is 0 Å². The van der Waals surface area contributed by atoms with E-state index in [1.807, 2.05) is 12.1 Å². The van der Waals surface area contributed by atoms with Gasteiger partial charge in [0.1, 0.15) is 12.1 Å². The van der Waals surface area contributed by atoms with Crippen LogP contribution in [0.5, 0.6) is 0 Å². The highest BCUT2D eigenvalue weighted by Crippen LogP contribution is 2.27. The maximum absolute atomic E-state index is 4.47. The lowest BCUT2D eigenvalue weighted by molar-refractivity contribution is 0.135. The Morgan fingerprint density at radius 2 is 1.78 bits per heavy atom. The first kappa shape index (κ1) is 14.8. The summed E-state index contributed by atoms with van der Waals surface area (Å²) in [5.41, 5.74) is 1.01. The van der Waals surface area contributed by atoms with Crippen molar-refractivity contribution in [2.75, 3.05) is 31.5 Å². The van der Waals surface area contributed by atoms with Crippen LogP contribution in [-0.4, -0.2) is 53.1 Å². The monoisotopic (exact) mass is 311 g/mol. The lowest BCUT2D eigenvalue weighted by Crippen LogP contribution is -2.50. The van der Waals surface area contributed by atoms with Gasteiger partial charge in [0, 0.05) is 43.6 Å². The Kier molecular flexibility index (Phi) is 4.39. The van der Waals surface area contributed by atoms with Gasteiger partial charge in [-0.25, -0.2) is 9.97 Å². The molecule has 0 amide bonds. The van der Waals surface area contributed by atoms with Crippen molar-refractivity contribution < 1.29 is 0 Å². The number of piperazine rings is 1. The lowest BCUT2D eigenvalue weighted by Gasteiger charge is -2.39. The molecule has 5 nitrogen and oxygen atoms in total. The van der Waals surface area contributed by atoms with Crippen LogP contribution in [0.3, 0.4) is 0 Å². The van der Waals surface area contributed by atoms with Gasteiger partial charge in [-0.15, -0.1) is 0 Å². The Morgan fingerprint density at radius 3 is 2.61 bits per heavy atom. The zero-order valence-electron chi connectivity index (χ0n) is 13.5. The van der Waals surface area contributed by atoms with Crippen molar-refractivity contribution in [2.24, 2.45) is 0 Å². The minimum atomic E-state index is 0.535. The van der Waals surface area contributed by atoms with Crippen molar-refractivity contribution >= 4 is 16.7 Å². The fourth-order valence-corrected chi connectivity index (χ4v) is 3.95. The summed E-state index contributed by atoms with van der Waals surface area (Å²) in [4.78, 5) is 11.5. The number of nitrogens with one attached hydrogen (secondary N) is 2. The van der Waals surface area contributed by atoms with E-state index in [1.165, 1.54) is 38.8 Å². The third kappa shape index (κ3) is 3.31. The third-order valence-corrected chi connectivity index (χ3v) is 5.25. The molecule has 0 radical (unpaired) electrons. The standard InChI is InChI=1S/C18H25N5/c1-2-4-17-16(3-1)18(21-13-20-17)22-14-5-7-15(8-6-14)23-11-9-19-10-12-23/h1-4,13-15,19H,5-12H2,(H,20,21,22). The first-order chi connectivity index (χ1) is 11.4. The molecule has 1 aliphatic carbocycles. The maximum atomic E-state index is 4.47. The predicted octanol–water partition coefficient (Wildman–Crippen LogP) is 2.26. The van der Waals surface area contributed by atoms with Crippen molar-refractivity contribution in [3.8, 4) is 0 Å². The summed E-state index contributed by atoms with van der Waals surface area (Å²) in [6, 6.07) is 9.54. The number of hydrogen-bond acceptors (Lipinski definition) is 5. The Labute approximate surface area is 137 Å². The molecule has 1 aromatic heterocycles. The number of benzene rings is 1.